The number of aliphatic hydroxyl groups is 3. The maximum atomic E-state index is 9.18. The van der Waals surface area contributed by atoms with Gasteiger partial charge in [-0.2, -0.15) is 0 Å². The zero-order chi connectivity index (χ0) is 9.14. The second kappa shape index (κ2) is 3.70. The van der Waals surface area contributed by atoms with Crippen molar-refractivity contribution >= 4 is 0 Å². The van der Waals surface area contributed by atoms with Crippen LogP contribution in [0.2, 0.25) is 0 Å². The predicted octanol–water partition coefficient (Wildman–Crippen LogP) is -1.26. The molecule has 0 amide bonds. The van der Waals surface area contributed by atoms with Crippen molar-refractivity contribution in [3.05, 3.63) is 10.4 Å². The summed E-state index contributed by atoms with van der Waals surface area (Å²) in [6.07, 6.45) is -4.11. The van der Waals surface area contributed by atoms with Crippen LogP contribution in [0, 0.1) is 0 Å². The number of ether oxygens (including phenoxy) is 1. The van der Waals surface area contributed by atoms with Crippen LogP contribution in [0.1, 0.15) is 0 Å². The van der Waals surface area contributed by atoms with Crippen molar-refractivity contribution < 1.29 is 20.1 Å². The molecular weight excluding hydrogens is 166 g/mol. The van der Waals surface area contributed by atoms with E-state index in [0.29, 0.717) is 0 Å². The highest BCUT2D eigenvalue weighted by molar-refractivity contribution is 4.87. The Balaban J connectivity index is 2.64. The Labute approximate surface area is 67.8 Å². The van der Waals surface area contributed by atoms with Gasteiger partial charge in [0.2, 0.25) is 0 Å². The summed E-state index contributed by atoms with van der Waals surface area (Å²) in [5.41, 5.74) is 8.04. The predicted molar refractivity (Wildman–Crippen MR) is 36.9 cm³/mol. The van der Waals surface area contributed by atoms with E-state index in [0.717, 1.165) is 0 Å². The van der Waals surface area contributed by atoms with Gasteiger partial charge >= 0.3 is 0 Å². The van der Waals surface area contributed by atoms with Gasteiger partial charge in [0.25, 0.3) is 0 Å². The summed E-state index contributed by atoms with van der Waals surface area (Å²) in [6.45, 7) is -0.0938. The highest BCUT2D eigenvalue weighted by atomic mass is 16.6. The molecule has 0 radical (unpaired) electrons. The Morgan fingerprint density at radius 2 is 2.00 bits per heavy atom. The zero-order valence-electron chi connectivity index (χ0n) is 6.11. The van der Waals surface area contributed by atoms with Crippen molar-refractivity contribution in [2.45, 2.75) is 24.5 Å². The zero-order valence-corrected chi connectivity index (χ0v) is 6.11. The first-order valence-corrected chi connectivity index (χ1v) is 3.37. The van der Waals surface area contributed by atoms with Crippen LogP contribution in [0.3, 0.4) is 0 Å². The molecule has 0 aromatic heterocycles. The topological polar surface area (TPSA) is 119 Å². The highest BCUT2D eigenvalue weighted by Crippen LogP contribution is 2.15. The van der Waals surface area contributed by atoms with E-state index < -0.39 is 24.5 Å². The van der Waals surface area contributed by atoms with Crippen LogP contribution >= 0.6 is 0 Å². The summed E-state index contributed by atoms with van der Waals surface area (Å²) in [7, 11) is 0. The quantitative estimate of drug-likeness (QED) is 0.261. The molecule has 0 saturated carbocycles. The number of aliphatic hydroxyl groups excluding tert-OH is 3. The third kappa shape index (κ3) is 1.66. The lowest BCUT2D eigenvalue weighted by molar-refractivity contribution is -0.225. The summed E-state index contributed by atoms with van der Waals surface area (Å²) >= 11 is 0. The molecule has 0 bridgehead atoms. The lowest BCUT2D eigenvalue weighted by Crippen LogP contribution is -2.51. The minimum Gasteiger partial charge on any atom is -0.390 e. The molecule has 0 aromatic carbocycles. The van der Waals surface area contributed by atoms with Gasteiger partial charge in [-0.15, -0.1) is 0 Å². The van der Waals surface area contributed by atoms with Crippen molar-refractivity contribution in [3.8, 4) is 0 Å². The number of hydrogen-bond acceptors (Lipinski definition) is 5. The minimum absolute atomic E-state index is 0.0938. The molecule has 1 aliphatic rings. The van der Waals surface area contributed by atoms with Gasteiger partial charge in [-0.05, 0) is 5.53 Å². The summed E-state index contributed by atoms with van der Waals surface area (Å²) in [5.74, 6) is 0. The van der Waals surface area contributed by atoms with E-state index in [9.17, 15) is 5.11 Å². The average molecular weight is 175 g/mol. The number of hydrogen-bond donors (Lipinski definition) is 3. The molecule has 1 unspecified atom stereocenters. The van der Waals surface area contributed by atoms with Gasteiger partial charge in [0.15, 0.2) is 6.29 Å². The fraction of sp³-hybridized carbons (Fsp3) is 1.00. The monoisotopic (exact) mass is 175 g/mol. The molecule has 12 heavy (non-hydrogen) atoms. The van der Waals surface area contributed by atoms with Gasteiger partial charge < -0.3 is 20.1 Å². The van der Waals surface area contributed by atoms with E-state index in [1.807, 2.05) is 0 Å². The third-order valence-electron chi connectivity index (χ3n) is 1.67. The summed E-state index contributed by atoms with van der Waals surface area (Å²) in [5, 5.41) is 30.3. The maximum Gasteiger partial charge on any atom is 0.183 e. The average Bonchev–Trinajstić information content (AvgIpc) is 2.07. The van der Waals surface area contributed by atoms with Crippen molar-refractivity contribution in [1.29, 1.82) is 0 Å². The van der Waals surface area contributed by atoms with E-state index >= 15 is 0 Å². The molecule has 1 heterocycles. The van der Waals surface area contributed by atoms with Gasteiger partial charge in [0, 0.05) is 4.91 Å². The number of nitrogens with zero attached hydrogens (tertiary/aromatic N) is 3. The molecule has 4 atom stereocenters. The lowest BCUT2D eigenvalue weighted by Gasteiger charge is -2.32. The smallest absolute Gasteiger partial charge is 0.183 e. The van der Waals surface area contributed by atoms with E-state index in [1.54, 1.807) is 0 Å². The van der Waals surface area contributed by atoms with Gasteiger partial charge in [0.1, 0.15) is 6.10 Å². The van der Waals surface area contributed by atoms with Crippen molar-refractivity contribution in [1.82, 2.24) is 0 Å². The molecule has 1 rings (SSSR count). The molecule has 1 saturated heterocycles. The fourth-order valence-corrected chi connectivity index (χ4v) is 0.959. The maximum absolute atomic E-state index is 9.18. The van der Waals surface area contributed by atoms with Gasteiger partial charge in [-0.25, -0.2) is 0 Å². The number of azide groups is 1. The minimum atomic E-state index is -1.42. The Morgan fingerprint density at radius 3 is 2.58 bits per heavy atom. The van der Waals surface area contributed by atoms with Crippen molar-refractivity contribution in [2.75, 3.05) is 6.61 Å². The standard InChI is InChI=1S/C5H9N3O4/c6-8-7-2-1-12-5(11)4(10)3(2)9/h2-5,9-11H,1H2/t2-,3+,4?,5+/m0/s1. The van der Waals surface area contributed by atoms with Crippen LogP contribution in [-0.4, -0.2) is 46.5 Å². The molecule has 0 aliphatic carbocycles. The largest absolute Gasteiger partial charge is 0.390 e. The molecule has 7 nitrogen and oxygen atoms in total. The summed E-state index contributed by atoms with van der Waals surface area (Å²) in [6, 6.07) is -0.839. The van der Waals surface area contributed by atoms with Gasteiger partial charge in [-0.1, -0.05) is 5.11 Å². The molecule has 1 aliphatic heterocycles. The van der Waals surface area contributed by atoms with Crippen LogP contribution < -0.4 is 0 Å². The summed E-state index contributed by atoms with van der Waals surface area (Å²) in [4.78, 5) is 2.46. The van der Waals surface area contributed by atoms with Crippen molar-refractivity contribution in [3.63, 3.8) is 0 Å². The molecular formula is C5H9N3O4. The first-order chi connectivity index (χ1) is 5.66. The first-order valence-electron chi connectivity index (χ1n) is 3.37. The van der Waals surface area contributed by atoms with Crippen LogP contribution in [0.25, 0.3) is 10.4 Å². The lowest BCUT2D eigenvalue weighted by atomic mass is 10.0. The van der Waals surface area contributed by atoms with Crippen LogP contribution in [0.4, 0.5) is 0 Å². The normalized spacial score (nSPS) is 41.9. The van der Waals surface area contributed by atoms with Crippen LogP contribution in [-0.2, 0) is 4.74 Å². The van der Waals surface area contributed by atoms with E-state index in [2.05, 4.69) is 14.8 Å². The molecule has 3 N–H and O–H groups in total. The number of rotatable bonds is 1. The Kier molecular flexibility index (Phi) is 2.85. The second-order valence-electron chi connectivity index (χ2n) is 2.48. The molecule has 7 heteroatoms. The molecule has 1 fully saturated rings. The van der Waals surface area contributed by atoms with E-state index in [4.69, 9.17) is 15.7 Å². The molecule has 0 spiro atoms. The molecule has 68 valence electrons. The SMILES string of the molecule is [N-]=[N+]=N[C@H]1CO[C@@H](O)C(O)[C@@H]1O. The molecule has 0 aromatic rings. The Bertz CT molecular complexity index is 205. The van der Waals surface area contributed by atoms with Gasteiger partial charge in [-0.3, -0.25) is 0 Å². The first kappa shape index (κ1) is 9.24. The third-order valence-corrected chi connectivity index (χ3v) is 1.67. The highest BCUT2D eigenvalue weighted by Gasteiger charge is 2.36. The van der Waals surface area contributed by atoms with Gasteiger partial charge in [0.05, 0.1) is 18.8 Å². The summed E-state index contributed by atoms with van der Waals surface area (Å²) < 4.78 is 4.61. The van der Waals surface area contributed by atoms with E-state index in [1.165, 1.54) is 0 Å². The Hall–Kier alpha value is -0.850. The van der Waals surface area contributed by atoms with Crippen molar-refractivity contribution in [2.24, 2.45) is 5.11 Å². The van der Waals surface area contributed by atoms with Crippen LogP contribution in [0.5, 0.6) is 0 Å². The van der Waals surface area contributed by atoms with E-state index in [-0.39, 0.29) is 6.61 Å². The fourth-order valence-electron chi connectivity index (χ4n) is 0.959. The second-order valence-corrected chi connectivity index (χ2v) is 2.48. The Morgan fingerprint density at radius 1 is 1.33 bits per heavy atom. The van der Waals surface area contributed by atoms with Crippen LogP contribution in [0.15, 0.2) is 5.11 Å².